The Hall–Kier alpha value is -3.19. The Morgan fingerprint density at radius 3 is 2.56 bits per heavy atom. The van der Waals surface area contributed by atoms with E-state index < -0.39 is 28.9 Å². The second kappa shape index (κ2) is 9.96. The van der Waals surface area contributed by atoms with Crippen LogP contribution in [-0.2, 0) is 16.7 Å². The van der Waals surface area contributed by atoms with E-state index in [0.29, 0.717) is 15.9 Å². The molecule has 13 heteroatoms. The Bertz CT molecular complexity index is 1180. The number of rotatable bonds is 7. The molecule has 2 heterocycles. The zero-order valence-electron chi connectivity index (χ0n) is 16.3. The number of carbonyl (C=O) groups is 2. The van der Waals surface area contributed by atoms with Crippen molar-refractivity contribution in [3.8, 4) is 5.75 Å². The van der Waals surface area contributed by atoms with E-state index in [1.54, 1.807) is 6.92 Å². The van der Waals surface area contributed by atoms with Gasteiger partial charge in [-0.2, -0.15) is 13.2 Å². The molecule has 3 aromatic rings. The van der Waals surface area contributed by atoms with Crippen molar-refractivity contribution in [3.05, 3.63) is 63.7 Å². The first-order chi connectivity index (χ1) is 15.2. The van der Waals surface area contributed by atoms with Crippen molar-refractivity contribution in [1.29, 1.82) is 0 Å². The lowest BCUT2D eigenvalue weighted by atomic mass is 10.1. The van der Waals surface area contributed by atoms with Crippen molar-refractivity contribution >= 4 is 40.1 Å². The number of alkyl halides is 3. The number of nitrogens with one attached hydrogen (secondary N) is 1. The number of carbonyl (C=O) groups excluding carboxylic acids is 2. The molecule has 3 rings (SSSR count). The predicted octanol–water partition coefficient (Wildman–Crippen LogP) is 4.37. The highest BCUT2D eigenvalue weighted by Gasteiger charge is 2.30. The largest absolute Gasteiger partial charge is 0.464 e. The normalized spacial score (nSPS) is 11.2. The first kappa shape index (κ1) is 23.5. The van der Waals surface area contributed by atoms with Crippen LogP contribution in [0.25, 0.3) is 0 Å². The highest BCUT2D eigenvalue weighted by atomic mass is 32.2. The van der Waals surface area contributed by atoms with E-state index in [1.807, 2.05) is 0 Å². The summed E-state index contributed by atoms with van der Waals surface area (Å²) < 4.78 is 48.6. The van der Waals surface area contributed by atoms with Gasteiger partial charge in [-0.05, 0) is 24.3 Å². The van der Waals surface area contributed by atoms with Crippen molar-refractivity contribution in [1.82, 2.24) is 10.2 Å². The fourth-order valence-electron chi connectivity index (χ4n) is 2.20. The Balaban J connectivity index is 1.60. The molecular formula is C19H14F3N3O5S2. The van der Waals surface area contributed by atoms with E-state index in [-0.39, 0.29) is 23.0 Å². The van der Waals surface area contributed by atoms with Gasteiger partial charge in [-0.25, -0.2) is 4.79 Å². The summed E-state index contributed by atoms with van der Waals surface area (Å²) in [5.41, 5.74) is -1.70. The van der Waals surface area contributed by atoms with Gasteiger partial charge in [0.1, 0.15) is 12.0 Å². The zero-order valence-corrected chi connectivity index (χ0v) is 17.9. The quantitative estimate of drug-likeness (QED) is 0.298. The van der Waals surface area contributed by atoms with Crippen LogP contribution >= 0.6 is 23.1 Å². The SMILES string of the molecule is CCC(=O)Nc1nnc(SCc2cc(=O)c(OC(=O)c3ccc(C(F)(F)F)cc3)co2)s1. The fourth-order valence-corrected chi connectivity index (χ4v) is 3.86. The van der Waals surface area contributed by atoms with E-state index >= 15 is 0 Å². The number of hydrogen-bond donors (Lipinski definition) is 1. The maximum Gasteiger partial charge on any atom is 0.416 e. The molecule has 0 aliphatic carbocycles. The van der Waals surface area contributed by atoms with E-state index in [4.69, 9.17) is 9.15 Å². The number of benzene rings is 1. The summed E-state index contributed by atoms with van der Waals surface area (Å²) in [5.74, 6) is -1.10. The number of ether oxygens (including phenoxy) is 1. The Morgan fingerprint density at radius 1 is 1.22 bits per heavy atom. The molecule has 0 fully saturated rings. The lowest BCUT2D eigenvalue weighted by Gasteiger charge is -2.07. The smallest absolute Gasteiger partial charge is 0.416 e. The molecule has 8 nitrogen and oxygen atoms in total. The Morgan fingerprint density at radius 2 is 1.94 bits per heavy atom. The maximum atomic E-state index is 12.6. The number of nitrogens with zero attached hydrogens (tertiary/aromatic N) is 2. The van der Waals surface area contributed by atoms with Gasteiger partial charge in [0.05, 0.1) is 16.9 Å². The Kier molecular flexibility index (Phi) is 7.30. The van der Waals surface area contributed by atoms with Crippen LogP contribution in [0.15, 0.2) is 50.1 Å². The molecule has 32 heavy (non-hydrogen) atoms. The zero-order chi connectivity index (χ0) is 23.3. The number of thioether (sulfide) groups is 1. The summed E-state index contributed by atoms with van der Waals surface area (Å²) in [5, 5.41) is 10.7. The second-order valence-electron chi connectivity index (χ2n) is 6.10. The van der Waals surface area contributed by atoms with Crippen molar-refractivity contribution < 1.29 is 31.9 Å². The topological polar surface area (TPSA) is 111 Å². The van der Waals surface area contributed by atoms with Crippen LogP contribution in [0.3, 0.4) is 0 Å². The minimum Gasteiger partial charge on any atom is -0.464 e. The van der Waals surface area contributed by atoms with E-state index in [2.05, 4.69) is 15.5 Å². The second-order valence-corrected chi connectivity index (χ2v) is 8.30. The Labute approximate surface area is 186 Å². The predicted molar refractivity (Wildman–Crippen MR) is 110 cm³/mol. The summed E-state index contributed by atoms with van der Waals surface area (Å²) >= 11 is 2.38. The lowest BCUT2D eigenvalue weighted by molar-refractivity contribution is -0.137. The molecule has 168 valence electrons. The summed E-state index contributed by atoms with van der Waals surface area (Å²) in [6.45, 7) is 1.71. The molecule has 0 aliphatic rings. The van der Waals surface area contributed by atoms with E-state index in [0.717, 1.165) is 47.9 Å². The highest BCUT2D eigenvalue weighted by Crippen LogP contribution is 2.30. The summed E-state index contributed by atoms with van der Waals surface area (Å²) in [6.07, 6.45) is -3.27. The van der Waals surface area contributed by atoms with Crippen LogP contribution in [0.1, 0.15) is 35.0 Å². The first-order valence-corrected chi connectivity index (χ1v) is 10.7. The number of esters is 1. The van der Waals surface area contributed by atoms with Crippen molar-refractivity contribution in [2.45, 2.75) is 29.6 Å². The van der Waals surface area contributed by atoms with Gasteiger partial charge in [-0.15, -0.1) is 10.2 Å². The molecule has 0 unspecified atom stereocenters. The molecule has 1 aromatic carbocycles. The molecule has 0 aliphatic heterocycles. The third-order valence-corrected chi connectivity index (χ3v) is 5.81. The summed E-state index contributed by atoms with van der Waals surface area (Å²) in [7, 11) is 0. The fraction of sp³-hybridized carbons (Fsp3) is 0.211. The molecule has 0 atom stereocenters. The number of amides is 1. The minimum atomic E-state index is -4.53. The lowest BCUT2D eigenvalue weighted by Crippen LogP contribution is -2.15. The van der Waals surface area contributed by atoms with Gasteiger partial charge in [-0.3, -0.25) is 9.59 Å². The van der Waals surface area contributed by atoms with Crippen molar-refractivity contribution in [2.24, 2.45) is 0 Å². The third-order valence-electron chi connectivity index (χ3n) is 3.81. The average Bonchev–Trinajstić information content (AvgIpc) is 3.20. The minimum absolute atomic E-state index is 0.153. The maximum absolute atomic E-state index is 12.6. The number of anilines is 1. The molecule has 0 bridgehead atoms. The van der Waals surface area contributed by atoms with Gasteiger partial charge in [-0.1, -0.05) is 30.0 Å². The van der Waals surface area contributed by atoms with Gasteiger partial charge in [0.25, 0.3) is 0 Å². The number of hydrogen-bond acceptors (Lipinski definition) is 9. The van der Waals surface area contributed by atoms with Gasteiger partial charge >= 0.3 is 12.1 Å². The van der Waals surface area contributed by atoms with E-state index in [9.17, 15) is 27.6 Å². The van der Waals surface area contributed by atoms with Crippen LogP contribution in [0.4, 0.5) is 18.3 Å². The van der Waals surface area contributed by atoms with Crippen LogP contribution in [-0.4, -0.2) is 22.1 Å². The van der Waals surface area contributed by atoms with Crippen molar-refractivity contribution in [2.75, 3.05) is 5.32 Å². The first-order valence-electron chi connectivity index (χ1n) is 8.93. The van der Waals surface area contributed by atoms with Gasteiger partial charge in [0.15, 0.2) is 4.34 Å². The molecule has 0 saturated carbocycles. The molecule has 1 amide bonds. The number of halogens is 3. The highest BCUT2D eigenvalue weighted by molar-refractivity contribution is 8.00. The van der Waals surface area contributed by atoms with Gasteiger partial charge < -0.3 is 14.5 Å². The molecule has 0 spiro atoms. The summed E-state index contributed by atoms with van der Waals surface area (Å²) in [6, 6.07) is 4.52. The van der Waals surface area contributed by atoms with Crippen LogP contribution in [0, 0.1) is 0 Å². The molecule has 0 saturated heterocycles. The van der Waals surface area contributed by atoms with Crippen molar-refractivity contribution in [3.63, 3.8) is 0 Å². The standard InChI is InChI=1S/C19H14F3N3O5S2/c1-2-15(27)23-17-24-25-18(32-17)31-9-12-7-13(26)14(8-29-12)30-16(28)10-3-5-11(6-4-10)19(20,21)22/h3-8H,2,9H2,1H3,(H,23,24,27). The molecular weight excluding hydrogens is 471 g/mol. The summed E-state index contributed by atoms with van der Waals surface area (Å²) in [4.78, 5) is 35.6. The third kappa shape index (κ3) is 6.17. The van der Waals surface area contributed by atoms with Crippen LogP contribution in [0.5, 0.6) is 5.75 Å². The van der Waals surface area contributed by atoms with Gasteiger partial charge in [0.2, 0.25) is 22.2 Å². The average molecular weight is 485 g/mol. The van der Waals surface area contributed by atoms with Crippen LogP contribution in [0.2, 0.25) is 0 Å². The van der Waals surface area contributed by atoms with Gasteiger partial charge in [0, 0.05) is 12.5 Å². The molecule has 1 N–H and O–H groups in total. The monoisotopic (exact) mass is 485 g/mol. The number of aromatic nitrogens is 2. The van der Waals surface area contributed by atoms with Crippen LogP contribution < -0.4 is 15.5 Å². The molecule has 2 aromatic heterocycles. The molecule has 0 radical (unpaired) electrons. The van der Waals surface area contributed by atoms with E-state index in [1.165, 1.54) is 11.8 Å².